The van der Waals surface area contributed by atoms with E-state index in [0.29, 0.717) is 5.69 Å². The van der Waals surface area contributed by atoms with Crippen LogP contribution in [0.4, 0.5) is 0 Å². The average Bonchev–Trinajstić information content (AvgIpc) is 2.05. The van der Waals surface area contributed by atoms with Crippen LogP contribution in [-0.4, -0.2) is 16.4 Å². The van der Waals surface area contributed by atoms with Crippen LogP contribution in [-0.2, 0) is 0 Å². The van der Waals surface area contributed by atoms with Gasteiger partial charge in [-0.15, -0.1) is 0 Å². The molecule has 0 aliphatic rings. The number of thioether (sulfide) groups is 1. The first kappa shape index (κ1) is 8.27. The second-order valence-electron chi connectivity index (χ2n) is 2.21. The van der Waals surface area contributed by atoms with Gasteiger partial charge in [0.2, 0.25) is 5.12 Å². The van der Waals surface area contributed by atoms with Gasteiger partial charge in [-0.05, 0) is 24.8 Å². The summed E-state index contributed by atoms with van der Waals surface area (Å²) in [7, 11) is 0. The van der Waals surface area contributed by atoms with Gasteiger partial charge in [-0.2, -0.15) is 0 Å². The first-order chi connectivity index (χ1) is 5.24. The van der Waals surface area contributed by atoms with Gasteiger partial charge < -0.3 is 0 Å². The number of rotatable bonds is 1. The van der Waals surface area contributed by atoms with E-state index < -0.39 is 0 Å². The van der Waals surface area contributed by atoms with Crippen molar-refractivity contribution in [1.29, 1.82) is 0 Å². The molecule has 3 heteroatoms. The van der Waals surface area contributed by atoms with Gasteiger partial charge in [0.05, 0.1) is 0 Å². The van der Waals surface area contributed by atoms with Gasteiger partial charge in [-0.25, -0.2) is 0 Å². The van der Waals surface area contributed by atoms with Crippen LogP contribution in [0.25, 0.3) is 0 Å². The minimum absolute atomic E-state index is 0.0185. The van der Waals surface area contributed by atoms with E-state index in [1.165, 1.54) is 11.8 Å². The quantitative estimate of drug-likeness (QED) is 0.639. The third-order valence-electron chi connectivity index (χ3n) is 1.31. The van der Waals surface area contributed by atoms with Crippen LogP contribution in [0.15, 0.2) is 18.3 Å². The molecule has 0 spiro atoms. The molecule has 2 nitrogen and oxygen atoms in total. The lowest BCUT2D eigenvalue weighted by molar-refractivity contribution is 0.108. The minimum Gasteiger partial charge on any atom is -0.280 e. The van der Waals surface area contributed by atoms with Crippen LogP contribution in [0.1, 0.15) is 16.1 Å². The fourth-order valence-corrected chi connectivity index (χ4v) is 1.02. The van der Waals surface area contributed by atoms with Crippen molar-refractivity contribution in [1.82, 2.24) is 4.98 Å². The van der Waals surface area contributed by atoms with Crippen LogP contribution in [0.2, 0.25) is 0 Å². The predicted octanol–water partition coefficient (Wildman–Crippen LogP) is 1.89. The smallest absolute Gasteiger partial charge is 0.237 e. The van der Waals surface area contributed by atoms with Gasteiger partial charge in [-0.3, -0.25) is 9.78 Å². The molecule has 0 atom stereocenters. The number of carbonyl (C=O) groups is 1. The molecule has 1 aromatic heterocycles. The summed E-state index contributed by atoms with van der Waals surface area (Å²) in [5, 5.41) is 0.0185. The number of hydrogen-bond donors (Lipinski definition) is 0. The zero-order chi connectivity index (χ0) is 8.27. The van der Waals surface area contributed by atoms with E-state index in [1.54, 1.807) is 18.5 Å². The fraction of sp³-hybridized carbons (Fsp3) is 0.250. The summed E-state index contributed by atoms with van der Waals surface area (Å²) in [4.78, 5) is 15.0. The second kappa shape index (κ2) is 3.53. The molecule has 0 N–H and O–H groups in total. The maximum Gasteiger partial charge on any atom is 0.237 e. The molecule has 58 valence electrons. The molecule has 0 aliphatic carbocycles. The van der Waals surface area contributed by atoms with Crippen LogP contribution >= 0.6 is 11.8 Å². The first-order valence-electron chi connectivity index (χ1n) is 3.25. The van der Waals surface area contributed by atoms with Crippen molar-refractivity contribution >= 4 is 16.9 Å². The Morgan fingerprint density at radius 1 is 1.55 bits per heavy atom. The highest BCUT2D eigenvalue weighted by atomic mass is 32.2. The van der Waals surface area contributed by atoms with E-state index in [4.69, 9.17) is 0 Å². The molecule has 0 aliphatic heterocycles. The summed E-state index contributed by atoms with van der Waals surface area (Å²) in [5.41, 5.74) is 1.60. The van der Waals surface area contributed by atoms with Crippen molar-refractivity contribution in [3.8, 4) is 0 Å². The molecular formula is C8H9NOS. The van der Waals surface area contributed by atoms with E-state index in [1.807, 2.05) is 13.0 Å². The number of aryl methyl sites for hydroxylation is 1. The molecule has 0 unspecified atom stereocenters. The van der Waals surface area contributed by atoms with Crippen LogP contribution < -0.4 is 0 Å². The van der Waals surface area contributed by atoms with Gasteiger partial charge in [-0.1, -0.05) is 17.8 Å². The molecular weight excluding hydrogens is 158 g/mol. The largest absolute Gasteiger partial charge is 0.280 e. The summed E-state index contributed by atoms with van der Waals surface area (Å²) >= 11 is 1.18. The lowest BCUT2D eigenvalue weighted by Gasteiger charge is -1.95. The minimum atomic E-state index is 0.0185. The Kier molecular flexibility index (Phi) is 2.65. The van der Waals surface area contributed by atoms with Crippen molar-refractivity contribution in [3.63, 3.8) is 0 Å². The Morgan fingerprint density at radius 2 is 2.27 bits per heavy atom. The normalized spacial score (nSPS) is 9.64. The van der Waals surface area contributed by atoms with Gasteiger partial charge in [0.25, 0.3) is 0 Å². The molecule has 0 amide bonds. The monoisotopic (exact) mass is 167 g/mol. The topological polar surface area (TPSA) is 30.0 Å². The highest BCUT2D eigenvalue weighted by Crippen LogP contribution is 2.06. The van der Waals surface area contributed by atoms with Gasteiger partial charge in [0, 0.05) is 6.20 Å². The van der Waals surface area contributed by atoms with Crippen LogP contribution in [0.5, 0.6) is 0 Å². The molecule has 1 aromatic rings. The molecule has 0 bridgehead atoms. The second-order valence-corrected chi connectivity index (χ2v) is 2.99. The molecule has 0 saturated heterocycles. The molecule has 11 heavy (non-hydrogen) atoms. The Morgan fingerprint density at radius 3 is 2.73 bits per heavy atom. The number of hydrogen-bond acceptors (Lipinski definition) is 3. The van der Waals surface area contributed by atoms with E-state index in [2.05, 4.69) is 4.98 Å². The summed E-state index contributed by atoms with van der Waals surface area (Å²) in [6.45, 7) is 1.94. The van der Waals surface area contributed by atoms with Gasteiger partial charge in [0.1, 0.15) is 5.69 Å². The Balaban J connectivity index is 2.90. The third kappa shape index (κ3) is 2.05. The highest BCUT2D eigenvalue weighted by Gasteiger charge is 2.02. The summed E-state index contributed by atoms with van der Waals surface area (Å²) in [5.74, 6) is 0. The van der Waals surface area contributed by atoms with E-state index in [0.717, 1.165) is 5.56 Å². The summed E-state index contributed by atoms with van der Waals surface area (Å²) < 4.78 is 0. The van der Waals surface area contributed by atoms with Crippen molar-refractivity contribution in [2.75, 3.05) is 6.26 Å². The fourth-order valence-electron chi connectivity index (χ4n) is 0.693. The molecule has 0 radical (unpaired) electrons. The zero-order valence-electron chi connectivity index (χ0n) is 6.50. The number of pyridine rings is 1. The van der Waals surface area contributed by atoms with E-state index >= 15 is 0 Å². The molecule has 0 saturated carbocycles. The van der Waals surface area contributed by atoms with Crippen molar-refractivity contribution in [3.05, 3.63) is 29.6 Å². The van der Waals surface area contributed by atoms with Gasteiger partial charge >= 0.3 is 0 Å². The zero-order valence-corrected chi connectivity index (χ0v) is 7.31. The molecule has 1 rings (SSSR count). The van der Waals surface area contributed by atoms with Crippen molar-refractivity contribution < 1.29 is 4.79 Å². The maximum absolute atomic E-state index is 11.0. The number of carbonyl (C=O) groups excluding carboxylic acids is 1. The van der Waals surface area contributed by atoms with E-state index in [9.17, 15) is 4.79 Å². The molecule has 1 heterocycles. The Labute approximate surface area is 70.0 Å². The molecule has 0 aromatic carbocycles. The van der Waals surface area contributed by atoms with E-state index in [-0.39, 0.29) is 5.12 Å². The Hall–Kier alpha value is -0.830. The lowest BCUT2D eigenvalue weighted by Crippen LogP contribution is -1.95. The van der Waals surface area contributed by atoms with Crippen molar-refractivity contribution in [2.45, 2.75) is 6.92 Å². The lowest BCUT2D eigenvalue weighted by atomic mass is 10.3. The standard InChI is InChI=1S/C8H9NOS/c1-6-3-4-7(9-5-6)8(10)11-2/h3-5H,1-2H3. The molecule has 0 fully saturated rings. The van der Waals surface area contributed by atoms with Crippen molar-refractivity contribution in [2.24, 2.45) is 0 Å². The third-order valence-corrected chi connectivity index (χ3v) is 1.89. The first-order valence-corrected chi connectivity index (χ1v) is 4.47. The average molecular weight is 167 g/mol. The summed E-state index contributed by atoms with van der Waals surface area (Å²) in [6.07, 6.45) is 3.45. The number of nitrogens with zero attached hydrogens (tertiary/aromatic N) is 1. The van der Waals surface area contributed by atoms with Crippen LogP contribution in [0.3, 0.4) is 0 Å². The SMILES string of the molecule is CSC(=O)c1ccc(C)cn1. The predicted molar refractivity (Wildman–Crippen MR) is 46.8 cm³/mol. The Bertz CT molecular complexity index is 255. The maximum atomic E-state index is 11.0. The summed E-state index contributed by atoms with van der Waals surface area (Å²) in [6, 6.07) is 3.63. The van der Waals surface area contributed by atoms with Gasteiger partial charge in [0.15, 0.2) is 0 Å². The number of aromatic nitrogens is 1. The highest BCUT2D eigenvalue weighted by molar-refractivity contribution is 8.13. The van der Waals surface area contributed by atoms with Crippen LogP contribution in [0, 0.1) is 6.92 Å².